The van der Waals surface area contributed by atoms with Gasteiger partial charge in [0.1, 0.15) is 0 Å². The maximum atomic E-state index is 2.42. The molecule has 2 aliphatic carbocycles. The maximum absolute atomic E-state index is 2.42. The largest absolute Gasteiger partial charge is 0.0620 e. The van der Waals surface area contributed by atoms with E-state index in [0.717, 1.165) is 35.5 Å². The summed E-state index contributed by atoms with van der Waals surface area (Å²) in [6.07, 6.45) is 0. The first-order chi connectivity index (χ1) is 4.64. The van der Waals surface area contributed by atoms with Crippen LogP contribution < -0.4 is 0 Å². The van der Waals surface area contributed by atoms with Crippen LogP contribution in [0, 0.1) is 35.5 Å². The van der Waals surface area contributed by atoms with Gasteiger partial charge in [0.2, 0.25) is 0 Å². The standard InChI is InChI=1S/C10H18/c1-5-6(2)10-8(4)7(3)9(5)10/h5-10H,1-4H3/t5-,6-,7-,8+,9?,10?/m1/s1. The molecular weight excluding hydrogens is 120 g/mol. The Morgan fingerprint density at radius 1 is 0.500 bits per heavy atom. The van der Waals surface area contributed by atoms with Gasteiger partial charge < -0.3 is 0 Å². The summed E-state index contributed by atoms with van der Waals surface area (Å²) in [5, 5.41) is 0. The van der Waals surface area contributed by atoms with Gasteiger partial charge in [-0.05, 0) is 35.5 Å². The number of hydrogen-bond donors (Lipinski definition) is 0. The van der Waals surface area contributed by atoms with E-state index in [0.29, 0.717) is 0 Å². The van der Waals surface area contributed by atoms with E-state index in [-0.39, 0.29) is 0 Å². The Morgan fingerprint density at radius 2 is 0.700 bits per heavy atom. The summed E-state index contributed by atoms with van der Waals surface area (Å²) in [7, 11) is 0. The molecule has 6 atom stereocenters. The Kier molecular flexibility index (Phi) is 1.19. The van der Waals surface area contributed by atoms with Gasteiger partial charge in [0, 0.05) is 0 Å². The van der Waals surface area contributed by atoms with Crippen molar-refractivity contribution in [1.82, 2.24) is 0 Å². The van der Waals surface area contributed by atoms with Crippen LogP contribution in [0.4, 0.5) is 0 Å². The van der Waals surface area contributed by atoms with E-state index >= 15 is 0 Å². The van der Waals surface area contributed by atoms with Crippen molar-refractivity contribution in [3.05, 3.63) is 0 Å². The second kappa shape index (κ2) is 1.78. The molecule has 2 aliphatic rings. The smallest absolute Gasteiger partial charge is 0.0324 e. The van der Waals surface area contributed by atoms with E-state index in [9.17, 15) is 0 Å². The highest BCUT2D eigenvalue weighted by Gasteiger charge is 2.59. The first-order valence-electron chi connectivity index (χ1n) is 4.64. The Morgan fingerprint density at radius 3 is 0.900 bits per heavy atom. The van der Waals surface area contributed by atoms with Crippen LogP contribution >= 0.6 is 0 Å². The average molecular weight is 138 g/mol. The van der Waals surface area contributed by atoms with Gasteiger partial charge in [0.25, 0.3) is 0 Å². The van der Waals surface area contributed by atoms with Crippen LogP contribution in [0.5, 0.6) is 0 Å². The highest BCUT2D eigenvalue weighted by Crippen LogP contribution is 2.63. The predicted molar refractivity (Wildman–Crippen MR) is 43.6 cm³/mol. The minimum atomic E-state index is 1.02. The van der Waals surface area contributed by atoms with E-state index in [1.165, 1.54) is 0 Å². The molecule has 2 saturated carbocycles. The summed E-state index contributed by atoms with van der Waals surface area (Å²) in [6, 6.07) is 0. The Bertz CT molecular complexity index is 116. The molecule has 2 fully saturated rings. The van der Waals surface area contributed by atoms with Crippen LogP contribution in [0.3, 0.4) is 0 Å². The molecule has 10 heavy (non-hydrogen) atoms. The molecule has 0 heteroatoms. The SMILES string of the molecule is C[C@@H]1C2C([C@@H]1C)[C@H](C)[C@H]2C. The third-order valence-electron chi connectivity index (χ3n) is 4.53. The van der Waals surface area contributed by atoms with Crippen molar-refractivity contribution in [2.75, 3.05) is 0 Å². The predicted octanol–water partition coefficient (Wildman–Crippen LogP) is 2.79. The summed E-state index contributed by atoms with van der Waals surface area (Å²) >= 11 is 0. The molecule has 0 nitrogen and oxygen atoms in total. The number of hydrogen-bond acceptors (Lipinski definition) is 0. The molecule has 0 radical (unpaired) electrons. The lowest BCUT2D eigenvalue weighted by molar-refractivity contribution is -0.178. The molecule has 0 aromatic carbocycles. The maximum Gasteiger partial charge on any atom is -0.0324 e. The second-order valence-corrected chi connectivity index (χ2v) is 4.59. The van der Waals surface area contributed by atoms with Crippen molar-refractivity contribution in [2.24, 2.45) is 35.5 Å². The lowest BCUT2D eigenvalue weighted by Crippen LogP contribution is -2.61. The van der Waals surface area contributed by atoms with Gasteiger partial charge in [-0.25, -0.2) is 0 Å². The zero-order chi connectivity index (χ0) is 7.46. The minimum Gasteiger partial charge on any atom is -0.0620 e. The van der Waals surface area contributed by atoms with Crippen LogP contribution in [0.1, 0.15) is 27.7 Å². The average Bonchev–Trinajstić information content (AvgIpc) is 1.95. The van der Waals surface area contributed by atoms with Gasteiger partial charge in [-0.2, -0.15) is 0 Å². The normalized spacial score (nSPS) is 66.0. The molecule has 0 amide bonds. The van der Waals surface area contributed by atoms with Gasteiger partial charge in [-0.1, -0.05) is 27.7 Å². The molecule has 0 aromatic heterocycles. The lowest BCUT2D eigenvalue weighted by atomic mass is 9.39. The molecule has 58 valence electrons. The van der Waals surface area contributed by atoms with Gasteiger partial charge in [-0.3, -0.25) is 0 Å². The Labute approximate surface area is 64.0 Å². The van der Waals surface area contributed by atoms with Crippen molar-refractivity contribution >= 4 is 0 Å². The van der Waals surface area contributed by atoms with Gasteiger partial charge in [-0.15, -0.1) is 0 Å². The zero-order valence-electron chi connectivity index (χ0n) is 7.46. The summed E-state index contributed by atoms with van der Waals surface area (Å²) in [4.78, 5) is 0. The molecular formula is C10H18. The number of rotatable bonds is 0. The molecule has 0 heterocycles. The second-order valence-electron chi connectivity index (χ2n) is 4.59. The van der Waals surface area contributed by atoms with Crippen molar-refractivity contribution < 1.29 is 0 Å². The molecule has 0 aliphatic heterocycles. The topological polar surface area (TPSA) is 0 Å². The monoisotopic (exact) mass is 138 g/mol. The first-order valence-corrected chi connectivity index (χ1v) is 4.64. The quantitative estimate of drug-likeness (QED) is 0.483. The van der Waals surface area contributed by atoms with Crippen molar-refractivity contribution in [2.45, 2.75) is 27.7 Å². The zero-order valence-corrected chi connectivity index (χ0v) is 7.46. The van der Waals surface area contributed by atoms with Crippen molar-refractivity contribution in [3.63, 3.8) is 0 Å². The van der Waals surface area contributed by atoms with Crippen LogP contribution in [0.2, 0.25) is 0 Å². The van der Waals surface area contributed by atoms with Gasteiger partial charge in [0.15, 0.2) is 0 Å². The van der Waals surface area contributed by atoms with Gasteiger partial charge in [0.05, 0.1) is 0 Å². The fraction of sp³-hybridized carbons (Fsp3) is 1.00. The van der Waals surface area contributed by atoms with E-state index in [1.807, 2.05) is 0 Å². The summed E-state index contributed by atoms with van der Waals surface area (Å²) in [5.41, 5.74) is 0. The van der Waals surface area contributed by atoms with Gasteiger partial charge >= 0.3 is 0 Å². The van der Waals surface area contributed by atoms with E-state index in [1.54, 1.807) is 0 Å². The molecule has 0 saturated heterocycles. The summed E-state index contributed by atoms with van der Waals surface area (Å²) < 4.78 is 0. The van der Waals surface area contributed by atoms with Crippen molar-refractivity contribution in [1.29, 1.82) is 0 Å². The van der Waals surface area contributed by atoms with Crippen molar-refractivity contribution in [3.8, 4) is 0 Å². The highest BCUT2D eigenvalue weighted by atomic mass is 14.6. The molecule has 2 rings (SSSR count). The van der Waals surface area contributed by atoms with E-state index in [2.05, 4.69) is 27.7 Å². The molecule has 0 bridgehead atoms. The van der Waals surface area contributed by atoms with Crippen LogP contribution in [-0.4, -0.2) is 0 Å². The third-order valence-corrected chi connectivity index (χ3v) is 4.53. The fourth-order valence-corrected chi connectivity index (χ4v) is 3.47. The van der Waals surface area contributed by atoms with E-state index in [4.69, 9.17) is 0 Å². The fourth-order valence-electron chi connectivity index (χ4n) is 3.47. The molecule has 0 spiro atoms. The minimum absolute atomic E-state index is 1.02. The highest BCUT2D eigenvalue weighted by molar-refractivity contribution is 5.06. The molecule has 2 unspecified atom stereocenters. The third kappa shape index (κ3) is 0.500. The molecule has 0 aromatic rings. The first kappa shape index (κ1) is 6.69. The Hall–Kier alpha value is 0. The summed E-state index contributed by atoms with van der Waals surface area (Å²) in [5.74, 6) is 6.30. The number of fused-ring (bicyclic) bond motifs is 1. The van der Waals surface area contributed by atoms with Crippen LogP contribution in [0.15, 0.2) is 0 Å². The van der Waals surface area contributed by atoms with Crippen LogP contribution in [0.25, 0.3) is 0 Å². The summed E-state index contributed by atoms with van der Waals surface area (Å²) in [6.45, 7) is 9.70. The Balaban J connectivity index is 2.07. The van der Waals surface area contributed by atoms with Crippen LogP contribution in [-0.2, 0) is 0 Å². The molecule has 0 N–H and O–H groups in total. The lowest BCUT2D eigenvalue weighted by Gasteiger charge is -2.65. The van der Waals surface area contributed by atoms with E-state index < -0.39 is 0 Å².